The summed E-state index contributed by atoms with van der Waals surface area (Å²) in [5.41, 5.74) is 8.74. The van der Waals surface area contributed by atoms with Crippen LogP contribution >= 0.6 is 0 Å². The molecule has 37 heavy (non-hydrogen) atoms. The van der Waals surface area contributed by atoms with E-state index < -0.39 is 0 Å². The Morgan fingerprint density at radius 1 is 1.08 bits per heavy atom. The second-order valence-corrected chi connectivity index (χ2v) is 8.69. The Morgan fingerprint density at radius 2 is 2.05 bits per heavy atom. The van der Waals surface area contributed by atoms with Crippen molar-refractivity contribution < 1.29 is 4.74 Å². The number of hydrazine groups is 1. The average molecular weight is 492 g/mol. The molecule has 5 aromatic rings. The van der Waals surface area contributed by atoms with Crippen LogP contribution in [0.1, 0.15) is 11.3 Å². The zero-order chi connectivity index (χ0) is 25.0. The maximum absolute atomic E-state index is 6.20. The number of aromatic nitrogens is 6. The highest BCUT2D eigenvalue weighted by Crippen LogP contribution is 2.34. The van der Waals surface area contributed by atoms with Crippen molar-refractivity contribution in [2.75, 3.05) is 11.9 Å². The van der Waals surface area contributed by atoms with Crippen molar-refractivity contribution in [3.8, 4) is 16.9 Å². The molecule has 10 heteroatoms. The normalized spacial score (nSPS) is 12.8. The van der Waals surface area contributed by atoms with Gasteiger partial charge in [-0.25, -0.2) is 15.4 Å². The molecule has 1 aliphatic rings. The van der Waals surface area contributed by atoms with Crippen LogP contribution < -0.4 is 15.5 Å². The molecule has 1 aliphatic heterocycles. The summed E-state index contributed by atoms with van der Waals surface area (Å²) in [5, 5.41) is 10.6. The lowest BCUT2D eigenvalue weighted by molar-refractivity contribution is 0.299. The van der Waals surface area contributed by atoms with E-state index in [4.69, 9.17) is 9.72 Å². The van der Waals surface area contributed by atoms with E-state index >= 15 is 0 Å². The Bertz CT molecular complexity index is 1570. The van der Waals surface area contributed by atoms with Crippen molar-refractivity contribution in [3.05, 3.63) is 97.1 Å². The Morgan fingerprint density at radius 3 is 2.86 bits per heavy atom. The van der Waals surface area contributed by atoms with Crippen LogP contribution in [-0.2, 0) is 20.2 Å². The van der Waals surface area contributed by atoms with Crippen molar-refractivity contribution >= 4 is 22.5 Å². The molecule has 0 radical (unpaired) electrons. The van der Waals surface area contributed by atoms with Gasteiger partial charge in [-0.15, -0.1) is 0 Å². The van der Waals surface area contributed by atoms with Crippen LogP contribution in [-0.4, -0.2) is 41.3 Å². The summed E-state index contributed by atoms with van der Waals surface area (Å²) >= 11 is 0. The lowest BCUT2D eigenvalue weighted by Gasteiger charge is -2.16. The third kappa shape index (κ3) is 5.24. The molecule has 0 saturated heterocycles. The van der Waals surface area contributed by atoms with E-state index in [9.17, 15) is 0 Å². The van der Waals surface area contributed by atoms with Crippen LogP contribution in [0.15, 0.2) is 85.9 Å². The lowest BCUT2D eigenvalue weighted by atomic mass is 10.1. The van der Waals surface area contributed by atoms with Gasteiger partial charge in [0.1, 0.15) is 12.4 Å². The third-order valence-corrected chi connectivity index (χ3v) is 5.92. The number of hydrogen-bond acceptors (Lipinski definition) is 9. The second kappa shape index (κ2) is 10.0. The van der Waals surface area contributed by atoms with Crippen LogP contribution in [0, 0.1) is 0 Å². The molecule has 0 aliphatic carbocycles. The molecule has 0 fully saturated rings. The van der Waals surface area contributed by atoms with Gasteiger partial charge in [-0.3, -0.25) is 14.6 Å². The maximum atomic E-state index is 6.20. The predicted molar refractivity (Wildman–Crippen MR) is 141 cm³/mol. The minimum absolute atomic E-state index is 0.288. The highest BCUT2D eigenvalue weighted by atomic mass is 16.5. The molecule has 0 unspecified atom stereocenters. The fourth-order valence-corrected chi connectivity index (χ4v) is 4.17. The van der Waals surface area contributed by atoms with Crippen LogP contribution in [0.2, 0.25) is 0 Å². The van der Waals surface area contributed by atoms with Crippen LogP contribution in [0.5, 0.6) is 5.75 Å². The first kappa shape index (κ1) is 22.6. The van der Waals surface area contributed by atoms with Crippen molar-refractivity contribution in [2.24, 2.45) is 7.05 Å². The molecule has 3 aromatic heterocycles. The number of benzene rings is 2. The molecule has 6 rings (SSSR count). The molecule has 0 atom stereocenters. The fraction of sp³-hybridized carbons (Fsp3) is 0.148. The van der Waals surface area contributed by atoms with Crippen LogP contribution in [0.4, 0.5) is 11.6 Å². The first-order valence-corrected chi connectivity index (χ1v) is 11.9. The van der Waals surface area contributed by atoms with Crippen molar-refractivity contribution in [2.45, 2.75) is 13.2 Å². The fourth-order valence-electron chi connectivity index (χ4n) is 4.17. The Labute approximate surface area is 213 Å². The Kier molecular flexibility index (Phi) is 6.14. The summed E-state index contributed by atoms with van der Waals surface area (Å²) in [6, 6.07) is 12.2. The number of nitrogens with one attached hydrogen (secondary N) is 2. The number of hydrogen-bond donors (Lipinski definition) is 2. The van der Waals surface area contributed by atoms with E-state index in [-0.39, 0.29) is 6.61 Å². The average Bonchev–Trinajstić information content (AvgIpc) is 3.59. The van der Waals surface area contributed by atoms with E-state index in [0.717, 1.165) is 46.5 Å². The molecule has 184 valence electrons. The van der Waals surface area contributed by atoms with Crippen molar-refractivity contribution in [1.29, 1.82) is 0 Å². The summed E-state index contributed by atoms with van der Waals surface area (Å²) in [4.78, 5) is 17.8. The van der Waals surface area contributed by atoms with Gasteiger partial charge in [0.05, 0.1) is 30.1 Å². The van der Waals surface area contributed by atoms with Gasteiger partial charge in [0.15, 0.2) is 0 Å². The SMILES string of the molecule is Cn1cc(-c2cc3cnc(Nc4cccc(CN5C=CCN5)c4)nc3cc2OCc2cnccn2)cn1. The summed E-state index contributed by atoms with van der Waals surface area (Å²) in [5.74, 6) is 1.20. The van der Waals surface area contributed by atoms with E-state index in [1.165, 1.54) is 5.56 Å². The van der Waals surface area contributed by atoms with E-state index in [0.29, 0.717) is 11.7 Å². The first-order chi connectivity index (χ1) is 18.2. The largest absolute Gasteiger partial charge is 0.487 e. The summed E-state index contributed by atoms with van der Waals surface area (Å²) < 4.78 is 7.96. The van der Waals surface area contributed by atoms with E-state index in [1.54, 1.807) is 23.3 Å². The number of nitrogens with zero attached hydrogens (tertiary/aromatic N) is 7. The van der Waals surface area contributed by atoms with Crippen LogP contribution in [0.3, 0.4) is 0 Å². The summed E-state index contributed by atoms with van der Waals surface area (Å²) in [6.45, 7) is 1.92. The van der Waals surface area contributed by atoms with Gasteiger partial charge in [0.2, 0.25) is 5.95 Å². The number of anilines is 2. The van der Waals surface area contributed by atoms with Gasteiger partial charge < -0.3 is 15.1 Å². The standard InChI is InChI=1S/C27H25N9O/c1-35-17-21(14-32-35)24-11-20-13-30-27(33-22-5-2-4-19(10-22)16-36-9-3-6-31-36)34-25(20)12-26(24)37-18-23-15-28-7-8-29-23/h2-5,7-15,17,31H,6,16,18H2,1H3,(H,30,33,34). The topological polar surface area (TPSA) is 106 Å². The van der Waals surface area contributed by atoms with Gasteiger partial charge in [-0.05, 0) is 23.8 Å². The number of fused-ring (bicyclic) bond motifs is 1. The molecular formula is C27H25N9O. The summed E-state index contributed by atoms with van der Waals surface area (Å²) in [6.07, 6.45) is 14.7. The third-order valence-electron chi connectivity index (χ3n) is 5.92. The lowest BCUT2D eigenvalue weighted by Crippen LogP contribution is -2.27. The van der Waals surface area contributed by atoms with Crippen LogP contribution in [0.25, 0.3) is 22.0 Å². The predicted octanol–water partition coefficient (Wildman–Crippen LogP) is 3.98. The minimum Gasteiger partial charge on any atom is -0.487 e. The van der Waals surface area contributed by atoms with Gasteiger partial charge in [-0.2, -0.15) is 5.10 Å². The zero-order valence-electron chi connectivity index (χ0n) is 20.2. The monoisotopic (exact) mass is 491 g/mol. The Hall–Kier alpha value is -4.83. The van der Waals surface area contributed by atoms with Gasteiger partial charge >= 0.3 is 0 Å². The van der Waals surface area contributed by atoms with Gasteiger partial charge in [-0.1, -0.05) is 18.2 Å². The number of aryl methyl sites for hydroxylation is 1. The second-order valence-electron chi connectivity index (χ2n) is 8.69. The number of ether oxygens (including phenoxy) is 1. The quantitative estimate of drug-likeness (QED) is 0.333. The molecule has 0 saturated carbocycles. The molecule has 10 nitrogen and oxygen atoms in total. The Balaban J connectivity index is 1.29. The molecule has 4 heterocycles. The molecule has 0 bridgehead atoms. The molecule has 2 aromatic carbocycles. The highest BCUT2D eigenvalue weighted by molar-refractivity contribution is 5.88. The first-order valence-electron chi connectivity index (χ1n) is 11.9. The smallest absolute Gasteiger partial charge is 0.227 e. The highest BCUT2D eigenvalue weighted by Gasteiger charge is 2.13. The van der Waals surface area contributed by atoms with Gasteiger partial charge in [0.25, 0.3) is 0 Å². The molecule has 2 N–H and O–H groups in total. The van der Waals surface area contributed by atoms with Crippen molar-refractivity contribution in [1.82, 2.24) is 40.2 Å². The summed E-state index contributed by atoms with van der Waals surface area (Å²) in [7, 11) is 1.89. The van der Waals surface area contributed by atoms with E-state index in [2.05, 4.69) is 60.2 Å². The number of rotatable bonds is 8. The molecule has 0 spiro atoms. The zero-order valence-corrected chi connectivity index (χ0v) is 20.2. The van der Waals surface area contributed by atoms with E-state index in [1.807, 2.05) is 49.9 Å². The van der Waals surface area contributed by atoms with Gasteiger partial charge in [0, 0.05) is 72.8 Å². The van der Waals surface area contributed by atoms with Crippen molar-refractivity contribution in [3.63, 3.8) is 0 Å². The molecular weight excluding hydrogens is 466 g/mol. The minimum atomic E-state index is 0.288. The molecule has 0 amide bonds. The maximum Gasteiger partial charge on any atom is 0.227 e.